The van der Waals surface area contributed by atoms with E-state index in [1.807, 2.05) is 4.90 Å². The van der Waals surface area contributed by atoms with Crippen LogP contribution in [-0.2, 0) is 24.3 Å². The maximum Gasteiger partial charge on any atom is 0.251 e. The number of halogens is 1. The second kappa shape index (κ2) is 9.83. The Bertz CT molecular complexity index is 925. The van der Waals surface area contributed by atoms with Gasteiger partial charge in [-0.25, -0.2) is 12.7 Å². The lowest BCUT2D eigenvalue weighted by molar-refractivity contribution is -0.143. The number of hydrogen-bond donors (Lipinski definition) is 1. The molecule has 0 saturated carbocycles. The predicted octanol–water partition coefficient (Wildman–Crippen LogP) is 1.24. The molecular weight excluding hydrogens is 444 g/mol. The van der Waals surface area contributed by atoms with E-state index in [1.54, 1.807) is 17.9 Å². The highest BCUT2D eigenvalue weighted by Crippen LogP contribution is 2.27. The first-order valence-electron chi connectivity index (χ1n) is 10.3. The third-order valence-electron chi connectivity index (χ3n) is 5.72. The van der Waals surface area contributed by atoms with E-state index in [1.165, 1.54) is 26.2 Å². The van der Waals surface area contributed by atoms with Crippen LogP contribution in [0, 0.1) is 0 Å². The van der Waals surface area contributed by atoms with Crippen LogP contribution in [0.2, 0.25) is 5.02 Å². The molecule has 0 bridgehead atoms. The number of benzene rings is 1. The number of anilines is 1. The van der Waals surface area contributed by atoms with E-state index in [0.29, 0.717) is 38.5 Å². The summed E-state index contributed by atoms with van der Waals surface area (Å²) in [5, 5.41) is 2.86. The predicted molar refractivity (Wildman–Crippen MR) is 118 cm³/mol. The highest BCUT2D eigenvalue weighted by Gasteiger charge is 2.32. The van der Waals surface area contributed by atoms with Gasteiger partial charge < -0.3 is 15.0 Å². The summed E-state index contributed by atoms with van der Waals surface area (Å²) in [4.78, 5) is 29.0. The molecule has 172 valence electrons. The van der Waals surface area contributed by atoms with Gasteiger partial charge in [0.25, 0.3) is 5.91 Å². The lowest BCUT2D eigenvalue weighted by atomic mass is 10.1. The topological polar surface area (TPSA) is 99.3 Å². The Hall–Kier alpha value is -1.72. The normalized spacial score (nSPS) is 21.3. The van der Waals surface area contributed by atoms with Crippen LogP contribution in [0.3, 0.4) is 0 Å². The fraction of sp³-hybridized carbons (Fsp3) is 0.600. The van der Waals surface area contributed by atoms with Crippen molar-refractivity contribution in [2.45, 2.75) is 36.8 Å². The van der Waals surface area contributed by atoms with Crippen molar-refractivity contribution in [3.05, 3.63) is 23.2 Å². The number of amides is 2. The fourth-order valence-corrected chi connectivity index (χ4v) is 5.09. The lowest BCUT2D eigenvalue weighted by Crippen LogP contribution is -2.55. The molecule has 2 aliphatic rings. The summed E-state index contributed by atoms with van der Waals surface area (Å²) in [7, 11) is -0.898. The van der Waals surface area contributed by atoms with Gasteiger partial charge in [0.2, 0.25) is 15.9 Å². The standard InChI is InChI=1S/C20H29ClN4O5S/c1-14(24-8-10-25(11-9-24)20(27)17-5-4-12-30-17)19(26)22-15-6-7-16(21)18(13-15)31(28,29)23(2)3/h6-7,13-14,17H,4-5,8-12H2,1-3H3,(H,22,26). The van der Waals surface area contributed by atoms with Crippen molar-refractivity contribution in [1.82, 2.24) is 14.1 Å². The summed E-state index contributed by atoms with van der Waals surface area (Å²) in [5.74, 6) is -0.223. The van der Waals surface area contributed by atoms with Gasteiger partial charge in [0.05, 0.1) is 11.1 Å². The molecule has 2 unspecified atom stereocenters. The van der Waals surface area contributed by atoms with Gasteiger partial charge in [0.1, 0.15) is 11.0 Å². The molecule has 2 heterocycles. The zero-order valence-electron chi connectivity index (χ0n) is 18.0. The molecule has 9 nitrogen and oxygen atoms in total. The van der Waals surface area contributed by atoms with Crippen molar-refractivity contribution >= 4 is 39.1 Å². The molecule has 0 aliphatic carbocycles. The van der Waals surface area contributed by atoms with E-state index >= 15 is 0 Å². The summed E-state index contributed by atoms with van der Waals surface area (Å²) in [5.41, 5.74) is 0.355. The second-order valence-electron chi connectivity index (χ2n) is 7.96. The molecule has 2 aliphatic heterocycles. The number of nitrogens with one attached hydrogen (secondary N) is 1. The van der Waals surface area contributed by atoms with Gasteiger partial charge in [-0.15, -0.1) is 0 Å². The van der Waals surface area contributed by atoms with Crippen LogP contribution in [0.25, 0.3) is 0 Å². The summed E-state index contributed by atoms with van der Waals surface area (Å²) in [6.45, 7) is 4.67. The number of hydrogen-bond acceptors (Lipinski definition) is 6. The van der Waals surface area contributed by atoms with Crippen LogP contribution in [0.1, 0.15) is 19.8 Å². The zero-order valence-corrected chi connectivity index (χ0v) is 19.6. The van der Waals surface area contributed by atoms with Crippen molar-refractivity contribution < 1.29 is 22.7 Å². The smallest absolute Gasteiger partial charge is 0.251 e. The fourth-order valence-electron chi connectivity index (χ4n) is 3.69. The van der Waals surface area contributed by atoms with E-state index in [-0.39, 0.29) is 27.8 Å². The monoisotopic (exact) mass is 472 g/mol. The minimum absolute atomic E-state index is 0.0325. The van der Waals surface area contributed by atoms with E-state index in [9.17, 15) is 18.0 Å². The van der Waals surface area contributed by atoms with Crippen LogP contribution in [0.15, 0.2) is 23.1 Å². The summed E-state index contributed by atoms with van der Waals surface area (Å²) < 4.78 is 31.4. The summed E-state index contributed by atoms with van der Waals surface area (Å²) in [6, 6.07) is 3.94. The Labute approximate surface area is 188 Å². The molecule has 2 atom stereocenters. The largest absolute Gasteiger partial charge is 0.368 e. The molecule has 1 aromatic carbocycles. The van der Waals surface area contributed by atoms with Gasteiger partial charge in [0.15, 0.2) is 0 Å². The van der Waals surface area contributed by atoms with Crippen molar-refractivity contribution in [2.24, 2.45) is 0 Å². The Balaban J connectivity index is 1.59. The highest BCUT2D eigenvalue weighted by atomic mass is 35.5. The number of carbonyl (C=O) groups excluding carboxylic acids is 2. The SMILES string of the molecule is CC(C(=O)Nc1ccc(Cl)c(S(=O)(=O)N(C)C)c1)N1CCN(C(=O)C2CCCO2)CC1. The molecule has 2 amide bonds. The Morgan fingerprint density at radius 2 is 1.90 bits per heavy atom. The molecule has 0 spiro atoms. The molecule has 3 rings (SSSR count). The highest BCUT2D eigenvalue weighted by molar-refractivity contribution is 7.89. The van der Waals surface area contributed by atoms with Crippen molar-refractivity contribution in [2.75, 3.05) is 52.2 Å². The number of rotatable bonds is 6. The van der Waals surface area contributed by atoms with Crippen molar-refractivity contribution in [1.29, 1.82) is 0 Å². The van der Waals surface area contributed by atoms with Gasteiger partial charge in [0, 0.05) is 52.6 Å². The van der Waals surface area contributed by atoms with E-state index in [2.05, 4.69) is 5.32 Å². The maximum absolute atomic E-state index is 12.8. The van der Waals surface area contributed by atoms with E-state index in [4.69, 9.17) is 16.3 Å². The molecule has 2 fully saturated rings. The molecule has 0 radical (unpaired) electrons. The number of carbonyl (C=O) groups is 2. The minimum atomic E-state index is -3.74. The first-order valence-corrected chi connectivity index (χ1v) is 12.1. The van der Waals surface area contributed by atoms with Crippen LogP contribution >= 0.6 is 11.6 Å². The molecule has 31 heavy (non-hydrogen) atoms. The molecule has 1 N–H and O–H groups in total. The molecular formula is C20H29ClN4O5S. The third kappa shape index (κ3) is 5.38. The van der Waals surface area contributed by atoms with Crippen LogP contribution in [-0.4, -0.2) is 93.4 Å². The minimum Gasteiger partial charge on any atom is -0.368 e. The summed E-state index contributed by atoms with van der Waals surface area (Å²) in [6.07, 6.45) is 1.35. The third-order valence-corrected chi connectivity index (χ3v) is 8.01. The Morgan fingerprint density at radius 3 is 2.48 bits per heavy atom. The Kier molecular flexibility index (Phi) is 7.59. The molecule has 0 aromatic heterocycles. The van der Waals surface area contributed by atoms with Crippen molar-refractivity contribution in [3.8, 4) is 0 Å². The van der Waals surface area contributed by atoms with Gasteiger partial charge in [-0.3, -0.25) is 14.5 Å². The van der Waals surface area contributed by atoms with Crippen LogP contribution in [0.5, 0.6) is 0 Å². The summed E-state index contributed by atoms with van der Waals surface area (Å²) >= 11 is 6.06. The second-order valence-corrected chi connectivity index (χ2v) is 10.5. The molecule has 1 aromatic rings. The lowest BCUT2D eigenvalue weighted by Gasteiger charge is -2.38. The van der Waals surface area contributed by atoms with Gasteiger partial charge >= 0.3 is 0 Å². The first kappa shape index (κ1) is 23.9. The molecule has 2 saturated heterocycles. The number of piperazine rings is 1. The van der Waals surface area contributed by atoms with E-state index < -0.39 is 16.1 Å². The van der Waals surface area contributed by atoms with Crippen LogP contribution < -0.4 is 5.32 Å². The zero-order chi connectivity index (χ0) is 22.8. The number of ether oxygens (including phenoxy) is 1. The average Bonchev–Trinajstić information content (AvgIpc) is 3.28. The average molecular weight is 473 g/mol. The quantitative estimate of drug-likeness (QED) is 0.668. The van der Waals surface area contributed by atoms with Crippen LogP contribution in [0.4, 0.5) is 5.69 Å². The van der Waals surface area contributed by atoms with Gasteiger partial charge in [-0.05, 0) is 38.0 Å². The van der Waals surface area contributed by atoms with Crippen molar-refractivity contribution in [3.63, 3.8) is 0 Å². The molecule has 11 heteroatoms. The number of nitrogens with zero attached hydrogens (tertiary/aromatic N) is 3. The first-order chi connectivity index (χ1) is 14.6. The Morgan fingerprint density at radius 1 is 1.23 bits per heavy atom. The van der Waals surface area contributed by atoms with Gasteiger partial charge in [-0.2, -0.15) is 0 Å². The van der Waals surface area contributed by atoms with Gasteiger partial charge in [-0.1, -0.05) is 11.6 Å². The number of sulfonamides is 1. The maximum atomic E-state index is 12.8. The van der Waals surface area contributed by atoms with E-state index in [0.717, 1.165) is 17.1 Å².